The van der Waals surface area contributed by atoms with E-state index in [-0.39, 0.29) is 95.7 Å². The van der Waals surface area contributed by atoms with E-state index in [1.807, 2.05) is 0 Å². The predicted molar refractivity (Wildman–Crippen MR) is 11.7 cm³/mol. The molecule has 0 rings (SSSR count). The van der Waals surface area contributed by atoms with E-state index in [2.05, 4.69) is 20.2 Å². The van der Waals surface area contributed by atoms with E-state index in [1.165, 1.54) is 0 Å². The Morgan fingerprint density at radius 1 is 1.00 bits per heavy atom. The predicted octanol–water partition coefficient (Wildman–Crippen LogP) is -7.61. The molecule has 0 amide bonds. The molecule has 0 aliphatic heterocycles. The van der Waals surface area contributed by atoms with E-state index in [0.717, 1.165) is 13.1 Å². The van der Waals surface area contributed by atoms with Crippen LogP contribution in [0, 0.1) is 0 Å². The van der Waals surface area contributed by atoms with Crippen LogP contribution in [0.5, 0.6) is 0 Å². The summed E-state index contributed by atoms with van der Waals surface area (Å²) in [7, 11) is 9.34. The molecule has 0 atom stereocenters. The molecule has 0 N–H and O–H groups in total. The number of hydrogen-bond acceptors (Lipinski definition) is 0. The van der Waals surface area contributed by atoms with Gasteiger partial charge in [0, 0.05) is 0 Å². The number of rotatable bonds is 0. The fraction of sp³-hybridized carbons (Fsp3) is 0. The van der Waals surface area contributed by atoms with Crippen LogP contribution in [0.3, 0.4) is 0 Å². The Morgan fingerprint density at radius 3 is 1.00 bits per heavy atom. The first-order valence-electron chi connectivity index (χ1n) is 0.228. The van der Waals surface area contributed by atoms with Crippen molar-refractivity contribution in [3.63, 3.8) is 0 Å². The van der Waals surface area contributed by atoms with Crippen molar-refractivity contribution in [1.82, 2.24) is 0 Å². The third-order valence-electron chi connectivity index (χ3n) is 0. The van der Waals surface area contributed by atoms with Crippen LogP contribution in [0.15, 0.2) is 0 Å². The Hall–Kier alpha value is 3.94. The molecule has 0 unspecified atom stereocenters. The maximum absolute atomic E-state index is 4.67. The van der Waals surface area contributed by atoms with Crippen molar-refractivity contribution in [2.75, 3.05) is 0 Å². The zero-order valence-corrected chi connectivity index (χ0v) is 13.6. The van der Waals surface area contributed by atoms with Gasteiger partial charge in [0.05, 0.1) is 0 Å². The van der Waals surface area contributed by atoms with Gasteiger partial charge in [-0.2, -0.15) is 0 Å². The minimum absolute atomic E-state index is 0. The molecule has 41 valence electrons. The zero-order valence-electron chi connectivity index (χ0n) is 3.52. The summed E-state index contributed by atoms with van der Waals surface area (Å²) in [5.41, 5.74) is 0. The van der Waals surface area contributed by atoms with Gasteiger partial charge in [-0.1, -0.05) is 0 Å². The van der Waals surface area contributed by atoms with E-state index in [1.54, 1.807) is 0 Å². The molecule has 0 aliphatic carbocycles. The topological polar surface area (TPSA) is 0 Å². The fourth-order valence-electron chi connectivity index (χ4n) is 0. The molecule has 0 aliphatic rings. The summed E-state index contributed by atoms with van der Waals surface area (Å²) >= 11 is 0.757. The SMILES string of the molecule is [Cl-].[Cl-].[Cl][Cu][Cl].[K+].[Zn+2]. The average molecular weight is 310 g/mol. The van der Waals surface area contributed by atoms with E-state index in [9.17, 15) is 0 Å². The Bertz CT molecular complexity index is 11.7. The molecular weight excluding hydrogens is 310 g/mol. The van der Waals surface area contributed by atoms with Crippen LogP contribution < -0.4 is 76.2 Å². The molecule has 7 heteroatoms. The minimum atomic E-state index is 0. The minimum Gasteiger partial charge on any atom is 1.00 e. The van der Waals surface area contributed by atoms with Gasteiger partial charge in [-0.3, -0.25) is 0 Å². The third-order valence-corrected chi connectivity index (χ3v) is 0. The molecule has 0 aromatic carbocycles. The van der Waals surface area contributed by atoms with Gasteiger partial charge < -0.3 is 24.8 Å². The van der Waals surface area contributed by atoms with Crippen LogP contribution in [0.1, 0.15) is 0 Å². The Kier molecular flexibility index (Phi) is 142. The average Bonchev–Trinajstić information content (AvgIpc) is 0.918. The van der Waals surface area contributed by atoms with Gasteiger partial charge in [-0.25, -0.2) is 0 Å². The standard InChI is InChI=1S/4ClH.Cu.K.Zn/h4*1H;;;/q;;;;+2;+1;+2/p-4. The fourth-order valence-corrected chi connectivity index (χ4v) is 0. The Balaban J connectivity index is -0.00000000333. The largest absolute Gasteiger partial charge is 2.00 e. The van der Waals surface area contributed by atoms with Gasteiger partial charge in [-0.05, 0) is 0 Å². The van der Waals surface area contributed by atoms with Gasteiger partial charge in [-0.15, -0.1) is 0 Å². The van der Waals surface area contributed by atoms with Crippen LogP contribution >= 0.6 is 20.2 Å². The summed E-state index contributed by atoms with van der Waals surface area (Å²) in [6.45, 7) is 0. The first kappa shape index (κ1) is 30.6. The Morgan fingerprint density at radius 2 is 1.00 bits per heavy atom. The van der Waals surface area contributed by atoms with Crippen molar-refractivity contribution in [3.05, 3.63) is 0 Å². The van der Waals surface area contributed by atoms with Crippen LogP contribution in [0.2, 0.25) is 0 Å². The van der Waals surface area contributed by atoms with Crippen LogP contribution in [-0.4, -0.2) is 0 Å². The zero-order chi connectivity index (χ0) is 2.71. The second kappa shape index (κ2) is 32.6. The van der Waals surface area contributed by atoms with Crippen LogP contribution in [0.25, 0.3) is 0 Å². The first-order chi connectivity index (χ1) is 1.41. The molecule has 0 heterocycles. The van der Waals surface area contributed by atoms with Gasteiger partial charge in [0.15, 0.2) is 0 Å². The molecule has 0 aromatic heterocycles. The van der Waals surface area contributed by atoms with Gasteiger partial charge >= 0.3 is 104 Å². The summed E-state index contributed by atoms with van der Waals surface area (Å²) < 4.78 is 0. The van der Waals surface area contributed by atoms with Gasteiger partial charge in [0.25, 0.3) is 0 Å². The maximum Gasteiger partial charge on any atom is 2.00 e. The second-order valence-corrected chi connectivity index (χ2v) is 1.60. The van der Waals surface area contributed by atoms with Crippen molar-refractivity contribution in [2.45, 2.75) is 0 Å². The molecule has 0 saturated carbocycles. The van der Waals surface area contributed by atoms with Gasteiger partial charge in [0.2, 0.25) is 0 Å². The monoisotopic (exact) mass is 306 g/mol. The molecule has 0 radical (unpaired) electrons. The number of hydrogen-bond donors (Lipinski definition) is 0. The molecule has 7 heavy (non-hydrogen) atoms. The summed E-state index contributed by atoms with van der Waals surface area (Å²) in [4.78, 5) is 0. The van der Waals surface area contributed by atoms with E-state index in [4.69, 9.17) is 0 Å². The van der Waals surface area contributed by atoms with Crippen molar-refractivity contribution in [2.24, 2.45) is 0 Å². The van der Waals surface area contributed by atoms with Crippen LogP contribution in [0.4, 0.5) is 0 Å². The van der Waals surface area contributed by atoms with Crippen molar-refractivity contribution in [3.8, 4) is 0 Å². The summed E-state index contributed by atoms with van der Waals surface area (Å²) in [5, 5.41) is 0. The molecule has 0 nitrogen and oxygen atoms in total. The van der Waals surface area contributed by atoms with Crippen LogP contribution in [-0.2, 0) is 32.6 Å². The molecular formula is Cl4CuKZn+. The van der Waals surface area contributed by atoms with Crippen molar-refractivity contribution in [1.29, 1.82) is 0 Å². The quantitative estimate of drug-likeness (QED) is 0.390. The molecule has 0 fully saturated rings. The molecule has 0 saturated heterocycles. The third kappa shape index (κ3) is 40.4. The normalized spacial score (nSPS) is 3.14. The van der Waals surface area contributed by atoms with E-state index < -0.39 is 0 Å². The Labute approximate surface area is 126 Å². The molecule has 0 bridgehead atoms. The van der Waals surface area contributed by atoms with Gasteiger partial charge in [0.1, 0.15) is 0 Å². The van der Waals surface area contributed by atoms with E-state index >= 15 is 0 Å². The second-order valence-electron chi connectivity index (χ2n) is 0.0431. The van der Waals surface area contributed by atoms with Crippen molar-refractivity contribution < 1.29 is 109 Å². The summed E-state index contributed by atoms with van der Waals surface area (Å²) in [6.07, 6.45) is 0. The van der Waals surface area contributed by atoms with E-state index in [0.29, 0.717) is 0 Å². The molecule has 0 spiro atoms. The summed E-state index contributed by atoms with van der Waals surface area (Å²) in [5.74, 6) is 0. The smallest absolute Gasteiger partial charge is 1.00 e. The van der Waals surface area contributed by atoms with Crippen molar-refractivity contribution >= 4 is 20.2 Å². The molecule has 0 aromatic rings. The number of halogens is 4. The first-order valence-corrected chi connectivity index (χ1v) is 2.82. The summed E-state index contributed by atoms with van der Waals surface area (Å²) in [6, 6.07) is 0. The maximum atomic E-state index is 4.67.